The van der Waals surface area contributed by atoms with Crippen LogP contribution in [0.2, 0.25) is 0 Å². The average Bonchev–Trinajstić information content (AvgIpc) is 3.69. The van der Waals surface area contributed by atoms with Crippen LogP contribution >= 0.6 is 8.25 Å². The van der Waals surface area contributed by atoms with Crippen LogP contribution in [0, 0.1) is 10.1 Å². The maximum Gasteiger partial charge on any atom is 0.488 e. The van der Waals surface area contributed by atoms with Crippen LogP contribution < -0.4 is 14.4 Å². The molecule has 12 nitrogen and oxygen atoms in total. The molecule has 1 fully saturated rings. The summed E-state index contributed by atoms with van der Waals surface area (Å²) in [7, 11) is -0.0358. The van der Waals surface area contributed by atoms with Gasteiger partial charge in [-0.15, -0.1) is 4.52 Å². The number of rotatable bonds is 12. The molecule has 0 amide bonds. The summed E-state index contributed by atoms with van der Waals surface area (Å²) in [6, 6.07) is 29.4. The number of nitro groups is 1. The molecule has 4 atom stereocenters. The molecule has 0 saturated carbocycles. The summed E-state index contributed by atoms with van der Waals surface area (Å²) in [5.41, 5.74) is 1.76. The molecular weight excluding hydrogens is 613 g/mol. The first kappa shape index (κ1) is 31.3. The van der Waals surface area contributed by atoms with Crippen molar-refractivity contribution in [2.24, 2.45) is 0 Å². The Kier molecular flexibility index (Phi) is 9.07. The Labute approximate surface area is 265 Å². The molecule has 0 aliphatic carbocycles. The van der Waals surface area contributed by atoms with Gasteiger partial charge in [0.05, 0.1) is 37.6 Å². The van der Waals surface area contributed by atoms with E-state index in [-0.39, 0.29) is 24.2 Å². The van der Waals surface area contributed by atoms with Crippen molar-refractivity contribution in [3.8, 4) is 11.5 Å². The lowest BCUT2D eigenvalue weighted by Crippen LogP contribution is -2.38. The monoisotopic (exact) mass is 643 g/mol. The molecule has 236 valence electrons. The molecule has 0 bridgehead atoms. The van der Waals surface area contributed by atoms with Crippen molar-refractivity contribution in [1.29, 1.82) is 0 Å². The Morgan fingerprint density at radius 2 is 1.52 bits per heavy atom. The lowest BCUT2D eigenvalue weighted by Gasteiger charge is -2.37. The predicted molar refractivity (Wildman–Crippen MR) is 166 cm³/mol. The van der Waals surface area contributed by atoms with E-state index < -0.39 is 37.2 Å². The molecule has 1 unspecified atom stereocenters. The van der Waals surface area contributed by atoms with Crippen LogP contribution in [-0.2, 0) is 24.2 Å². The maximum atomic E-state index is 11.8. The molecule has 1 saturated heterocycles. The Bertz CT molecular complexity index is 1780. The number of fused-ring (bicyclic) bond motifs is 1. The fourth-order valence-corrected chi connectivity index (χ4v) is 6.39. The largest absolute Gasteiger partial charge is 0.566 e. The van der Waals surface area contributed by atoms with E-state index in [0.29, 0.717) is 17.0 Å². The van der Waals surface area contributed by atoms with E-state index in [2.05, 4.69) is 4.98 Å². The number of nitro benzene ring substituents is 1. The summed E-state index contributed by atoms with van der Waals surface area (Å²) in [6.45, 7) is -0.0793. The highest BCUT2D eigenvalue weighted by atomic mass is 31.1. The minimum Gasteiger partial charge on any atom is -0.566 e. The van der Waals surface area contributed by atoms with E-state index in [1.54, 1.807) is 30.9 Å². The van der Waals surface area contributed by atoms with Gasteiger partial charge in [-0.2, -0.15) is 0 Å². The third-order valence-corrected chi connectivity index (χ3v) is 8.57. The van der Waals surface area contributed by atoms with Crippen LogP contribution in [0.1, 0.15) is 29.3 Å². The molecule has 0 spiro atoms. The number of hydrogen-bond acceptors (Lipinski definition) is 10. The molecule has 1 aliphatic rings. The minimum absolute atomic E-state index is 0.0793. The molecule has 4 aromatic carbocycles. The third kappa shape index (κ3) is 5.96. The molecule has 46 heavy (non-hydrogen) atoms. The minimum atomic E-state index is -3.22. The van der Waals surface area contributed by atoms with Crippen LogP contribution in [0.25, 0.3) is 11.0 Å². The fourth-order valence-electron chi connectivity index (χ4n) is 5.94. The molecule has 0 radical (unpaired) electrons. The van der Waals surface area contributed by atoms with Crippen LogP contribution in [0.4, 0.5) is 5.69 Å². The van der Waals surface area contributed by atoms with Gasteiger partial charge in [0.25, 0.3) is 5.69 Å². The molecule has 1 aromatic heterocycles. The van der Waals surface area contributed by atoms with E-state index in [0.717, 1.165) is 16.7 Å². The SMILES string of the molecule is COc1ccc(C(OC[C@H]2O[C@@H](n3cnc4c([N+](=O)[O-])cccc43)C[C@@H]2O[P+](=O)[O-])(c2ccccc2)c2ccc(OC)cc2)cc1. The quantitative estimate of drug-likeness (QED) is 0.0722. The van der Waals surface area contributed by atoms with Crippen molar-refractivity contribution >= 4 is 25.0 Å². The van der Waals surface area contributed by atoms with Crippen LogP contribution in [0.5, 0.6) is 11.5 Å². The van der Waals surface area contributed by atoms with Gasteiger partial charge < -0.3 is 28.4 Å². The summed E-state index contributed by atoms with van der Waals surface area (Å²) in [6.07, 6.45) is -0.887. The molecule has 0 N–H and O–H groups in total. The average molecular weight is 644 g/mol. The van der Waals surface area contributed by atoms with Gasteiger partial charge in [-0.25, -0.2) is 4.98 Å². The van der Waals surface area contributed by atoms with Gasteiger partial charge in [0.1, 0.15) is 35.5 Å². The number of para-hydroxylation sites is 1. The van der Waals surface area contributed by atoms with Crippen molar-refractivity contribution < 1.29 is 37.9 Å². The molecule has 6 rings (SSSR count). The molecule has 2 heterocycles. The first-order valence-corrected chi connectivity index (χ1v) is 15.5. The summed E-state index contributed by atoms with van der Waals surface area (Å²) in [5.74, 6) is 1.34. The third-order valence-electron chi connectivity index (χ3n) is 8.13. The lowest BCUT2D eigenvalue weighted by molar-refractivity contribution is -0.383. The summed E-state index contributed by atoms with van der Waals surface area (Å²) < 4.78 is 43.0. The second kappa shape index (κ2) is 13.3. The zero-order chi connectivity index (χ0) is 32.3. The van der Waals surface area contributed by atoms with Crippen LogP contribution in [-0.4, -0.2) is 47.5 Å². The lowest BCUT2D eigenvalue weighted by atomic mass is 9.80. The number of ether oxygens (including phenoxy) is 4. The number of methoxy groups -OCH3 is 2. The second-order valence-corrected chi connectivity index (χ2v) is 11.3. The van der Waals surface area contributed by atoms with Crippen molar-refractivity contribution in [2.75, 3.05) is 20.8 Å². The first-order chi connectivity index (χ1) is 22.3. The topological polar surface area (TPSA) is 147 Å². The van der Waals surface area contributed by atoms with E-state index in [4.69, 9.17) is 23.5 Å². The predicted octanol–water partition coefficient (Wildman–Crippen LogP) is 5.66. The Morgan fingerprint density at radius 3 is 2.09 bits per heavy atom. The van der Waals surface area contributed by atoms with Gasteiger partial charge >= 0.3 is 8.25 Å². The van der Waals surface area contributed by atoms with Gasteiger partial charge in [-0.05, 0) is 51.6 Å². The highest BCUT2D eigenvalue weighted by Gasteiger charge is 2.45. The van der Waals surface area contributed by atoms with Gasteiger partial charge in [0.15, 0.2) is 5.52 Å². The number of benzene rings is 4. The number of nitrogens with zero attached hydrogens (tertiary/aromatic N) is 3. The number of hydrogen-bond donors (Lipinski definition) is 0. The van der Waals surface area contributed by atoms with Crippen molar-refractivity contribution in [3.63, 3.8) is 0 Å². The van der Waals surface area contributed by atoms with Gasteiger partial charge in [0.2, 0.25) is 0 Å². The highest BCUT2D eigenvalue weighted by Crippen LogP contribution is 2.44. The number of non-ortho nitro benzene ring substituents is 1. The van der Waals surface area contributed by atoms with Gasteiger partial charge in [-0.3, -0.25) is 10.1 Å². The van der Waals surface area contributed by atoms with E-state index in [1.165, 1.54) is 12.4 Å². The molecule has 1 aliphatic heterocycles. The normalized spacial score (nSPS) is 18.4. The fraction of sp³-hybridized carbons (Fsp3) is 0.242. The van der Waals surface area contributed by atoms with Crippen molar-refractivity contribution in [3.05, 3.63) is 130 Å². The summed E-state index contributed by atoms with van der Waals surface area (Å²) in [5, 5.41) is 11.6. The Balaban J connectivity index is 1.40. The number of aromatic nitrogens is 2. The van der Waals surface area contributed by atoms with Crippen molar-refractivity contribution in [2.45, 2.75) is 30.5 Å². The zero-order valence-corrected chi connectivity index (χ0v) is 25.8. The second-order valence-electron chi connectivity index (χ2n) is 10.6. The summed E-state index contributed by atoms with van der Waals surface area (Å²) >= 11 is 0. The number of imidazole rings is 1. The zero-order valence-electron chi connectivity index (χ0n) is 24.9. The molecule has 13 heteroatoms. The smallest absolute Gasteiger partial charge is 0.488 e. The first-order valence-electron chi connectivity index (χ1n) is 14.4. The van der Waals surface area contributed by atoms with Gasteiger partial charge in [-0.1, -0.05) is 60.7 Å². The van der Waals surface area contributed by atoms with Crippen LogP contribution in [0.3, 0.4) is 0 Å². The standard InChI is InChI=1S/C33H30N3O9P/c1-41-25-15-11-23(12-16-25)33(22-7-4-3-5-8-22,24-13-17-26(42-2)18-14-24)43-20-30-29(45-46(39)40)19-31(44-30)35-21-34-32-27(35)9-6-10-28(32)36(37)38/h3-18,21,29-31H,19-20H2,1-2H3/t29-,30+,31+/m0/s1. The van der Waals surface area contributed by atoms with E-state index in [1.807, 2.05) is 78.9 Å². The van der Waals surface area contributed by atoms with Crippen LogP contribution in [0.15, 0.2) is 103 Å². The van der Waals surface area contributed by atoms with Gasteiger partial charge in [0, 0.05) is 12.5 Å². The Morgan fingerprint density at radius 1 is 0.913 bits per heavy atom. The summed E-state index contributed by atoms with van der Waals surface area (Å²) in [4.78, 5) is 27.2. The Hall–Kier alpha value is -4.71. The highest BCUT2D eigenvalue weighted by molar-refractivity contribution is 7.30. The van der Waals surface area contributed by atoms with E-state index >= 15 is 0 Å². The maximum absolute atomic E-state index is 11.8. The van der Waals surface area contributed by atoms with Crippen molar-refractivity contribution in [1.82, 2.24) is 9.55 Å². The molecule has 5 aromatic rings. The molecular formula is C33H30N3O9P. The van der Waals surface area contributed by atoms with E-state index in [9.17, 15) is 19.6 Å².